The van der Waals surface area contributed by atoms with Crippen molar-refractivity contribution in [3.8, 4) is 5.75 Å². The van der Waals surface area contributed by atoms with Crippen molar-refractivity contribution < 1.29 is 14.3 Å². The molecule has 5 nitrogen and oxygen atoms in total. The molecule has 0 aliphatic carbocycles. The number of ether oxygens (including phenoxy) is 2. The first-order valence-corrected chi connectivity index (χ1v) is 7.28. The Balaban J connectivity index is 2.00. The van der Waals surface area contributed by atoms with E-state index in [1.807, 2.05) is 6.92 Å². The van der Waals surface area contributed by atoms with Gasteiger partial charge in [-0.25, -0.2) is 0 Å². The van der Waals surface area contributed by atoms with Crippen molar-refractivity contribution >= 4 is 39.1 Å². The molecule has 0 aromatic heterocycles. The highest BCUT2D eigenvalue weighted by atomic mass is 79.9. The summed E-state index contributed by atoms with van der Waals surface area (Å²) in [6, 6.07) is 3.34. The zero-order chi connectivity index (χ0) is 14.8. The Kier molecular flexibility index (Phi) is 4.90. The van der Waals surface area contributed by atoms with E-state index >= 15 is 0 Å². The number of amides is 1. The Hall–Kier alpha value is -0.820. The lowest BCUT2D eigenvalue weighted by atomic mass is 10.0. The summed E-state index contributed by atoms with van der Waals surface area (Å²) in [4.78, 5) is 11.9. The second-order valence-electron chi connectivity index (χ2n) is 4.86. The van der Waals surface area contributed by atoms with Gasteiger partial charge in [-0.1, -0.05) is 11.6 Å². The van der Waals surface area contributed by atoms with E-state index in [0.717, 1.165) is 13.1 Å². The SMILES string of the molecule is COc1c(Br)cc(Cl)cc1NC(=O)COC1(C)CNC1. The molecular weight excluding hydrogens is 348 g/mol. The fourth-order valence-electron chi connectivity index (χ4n) is 1.87. The minimum atomic E-state index is -0.254. The zero-order valence-corrected chi connectivity index (χ0v) is 13.6. The monoisotopic (exact) mass is 362 g/mol. The molecule has 1 aromatic rings. The van der Waals surface area contributed by atoms with Crippen LogP contribution in [0.1, 0.15) is 6.92 Å². The number of benzene rings is 1. The number of halogens is 2. The lowest BCUT2D eigenvalue weighted by Gasteiger charge is -2.38. The third-order valence-electron chi connectivity index (χ3n) is 3.04. The van der Waals surface area contributed by atoms with E-state index < -0.39 is 0 Å². The summed E-state index contributed by atoms with van der Waals surface area (Å²) in [5.41, 5.74) is 0.258. The van der Waals surface area contributed by atoms with Crippen LogP contribution >= 0.6 is 27.5 Å². The number of rotatable bonds is 5. The third-order valence-corrected chi connectivity index (χ3v) is 3.84. The molecule has 1 aromatic carbocycles. The molecule has 0 saturated carbocycles. The highest BCUT2D eigenvalue weighted by Gasteiger charge is 2.33. The average molecular weight is 364 g/mol. The van der Waals surface area contributed by atoms with Crippen molar-refractivity contribution in [2.45, 2.75) is 12.5 Å². The van der Waals surface area contributed by atoms with Gasteiger partial charge in [0.2, 0.25) is 0 Å². The molecule has 0 bridgehead atoms. The normalized spacial score (nSPS) is 16.4. The summed E-state index contributed by atoms with van der Waals surface area (Å²) >= 11 is 9.31. The van der Waals surface area contributed by atoms with Gasteiger partial charge in [-0.15, -0.1) is 0 Å². The molecule has 7 heteroatoms. The number of nitrogens with one attached hydrogen (secondary N) is 2. The van der Waals surface area contributed by atoms with Crippen LogP contribution in [0.25, 0.3) is 0 Å². The number of hydrogen-bond donors (Lipinski definition) is 2. The molecule has 1 aliphatic heterocycles. The topological polar surface area (TPSA) is 59.6 Å². The van der Waals surface area contributed by atoms with Crippen molar-refractivity contribution in [2.75, 3.05) is 32.1 Å². The summed E-state index contributed by atoms with van der Waals surface area (Å²) in [5.74, 6) is 0.282. The Bertz CT molecular complexity index is 521. The first-order chi connectivity index (χ1) is 9.43. The van der Waals surface area contributed by atoms with Gasteiger partial charge in [0.1, 0.15) is 6.61 Å². The quantitative estimate of drug-likeness (QED) is 0.843. The maximum atomic E-state index is 11.9. The summed E-state index contributed by atoms with van der Waals surface area (Å²) < 4.78 is 11.5. The van der Waals surface area contributed by atoms with Crippen LogP contribution in [0.5, 0.6) is 5.75 Å². The van der Waals surface area contributed by atoms with E-state index in [4.69, 9.17) is 21.1 Å². The number of anilines is 1. The highest BCUT2D eigenvalue weighted by Crippen LogP contribution is 2.36. The molecule has 2 N–H and O–H groups in total. The minimum Gasteiger partial charge on any atom is -0.493 e. The van der Waals surface area contributed by atoms with Crippen LogP contribution in [0.15, 0.2) is 16.6 Å². The van der Waals surface area contributed by atoms with Crippen LogP contribution in [0.4, 0.5) is 5.69 Å². The van der Waals surface area contributed by atoms with E-state index in [9.17, 15) is 4.79 Å². The van der Waals surface area contributed by atoms with Gasteiger partial charge in [0.15, 0.2) is 5.75 Å². The molecule has 0 spiro atoms. The maximum absolute atomic E-state index is 11.9. The Morgan fingerprint density at radius 1 is 1.55 bits per heavy atom. The lowest BCUT2D eigenvalue weighted by Crippen LogP contribution is -2.59. The van der Waals surface area contributed by atoms with Crippen molar-refractivity contribution in [1.82, 2.24) is 5.32 Å². The van der Waals surface area contributed by atoms with Crippen molar-refractivity contribution in [3.63, 3.8) is 0 Å². The van der Waals surface area contributed by atoms with E-state index in [1.54, 1.807) is 12.1 Å². The molecular formula is C13H16BrClN2O3. The van der Waals surface area contributed by atoms with E-state index in [-0.39, 0.29) is 18.1 Å². The fourth-order valence-corrected chi connectivity index (χ4v) is 2.84. The predicted molar refractivity (Wildman–Crippen MR) is 81.6 cm³/mol. The van der Waals surface area contributed by atoms with Gasteiger partial charge < -0.3 is 20.1 Å². The zero-order valence-electron chi connectivity index (χ0n) is 11.3. The number of carbonyl (C=O) groups excluding carboxylic acids is 1. The van der Waals surface area contributed by atoms with Gasteiger partial charge in [0, 0.05) is 18.1 Å². The molecule has 1 aliphatic rings. The van der Waals surface area contributed by atoms with Crippen molar-refractivity contribution in [2.24, 2.45) is 0 Å². The van der Waals surface area contributed by atoms with Crippen molar-refractivity contribution in [1.29, 1.82) is 0 Å². The summed E-state index contributed by atoms with van der Waals surface area (Å²) in [6.07, 6.45) is 0. The van der Waals surface area contributed by atoms with Gasteiger partial charge in [-0.2, -0.15) is 0 Å². The molecule has 20 heavy (non-hydrogen) atoms. The van der Waals surface area contributed by atoms with Crippen LogP contribution in [0, 0.1) is 0 Å². The van der Waals surface area contributed by atoms with Crippen molar-refractivity contribution in [3.05, 3.63) is 21.6 Å². The molecule has 2 rings (SSSR count). The molecule has 0 unspecified atom stereocenters. The van der Waals surface area contributed by atoms with Gasteiger partial charge >= 0.3 is 0 Å². The smallest absolute Gasteiger partial charge is 0.250 e. The van der Waals surface area contributed by atoms with Crippen LogP contribution in [-0.4, -0.2) is 38.3 Å². The first kappa shape index (κ1) is 15.6. The molecule has 110 valence electrons. The van der Waals surface area contributed by atoms with E-state index in [0.29, 0.717) is 20.9 Å². The van der Waals surface area contributed by atoms with Gasteiger partial charge in [0.25, 0.3) is 5.91 Å². The minimum absolute atomic E-state index is 0.00847. The Labute approximate surface area is 131 Å². The number of hydrogen-bond acceptors (Lipinski definition) is 4. The Morgan fingerprint density at radius 3 is 2.80 bits per heavy atom. The van der Waals surface area contributed by atoms with E-state index in [1.165, 1.54) is 7.11 Å². The Morgan fingerprint density at radius 2 is 2.25 bits per heavy atom. The average Bonchev–Trinajstić information content (AvgIpc) is 2.33. The summed E-state index contributed by atoms with van der Waals surface area (Å²) in [7, 11) is 1.53. The predicted octanol–water partition coefficient (Wildman–Crippen LogP) is 2.43. The van der Waals surface area contributed by atoms with Crippen LogP contribution < -0.4 is 15.4 Å². The maximum Gasteiger partial charge on any atom is 0.250 e. The second-order valence-corrected chi connectivity index (χ2v) is 6.15. The molecule has 0 atom stereocenters. The first-order valence-electron chi connectivity index (χ1n) is 6.11. The number of methoxy groups -OCH3 is 1. The molecule has 0 radical (unpaired) electrons. The molecule has 1 heterocycles. The summed E-state index contributed by atoms with van der Waals surface area (Å²) in [5, 5.41) is 6.35. The lowest BCUT2D eigenvalue weighted by molar-refractivity contribution is -0.130. The largest absolute Gasteiger partial charge is 0.493 e. The van der Waals surface area contributed by atoms with E-state index in [2.05, 4.69) is 26.6 Å². The molecule has 1 amide bonds. The van der Waals surface area contributed by atoms with Crippen LogP contribution in [0.2, 0.25) is 5.02 Å². The van der Waals surface area contributed by atoms with Crippen LogP contribution in [-0.2, 0) is 9.53 Å². The second kappa shape index (κ2) is 6.30. The summed E-state index contributed by atoms with van der Waals surface area (Å²) in [6.45, 7) is 3.47. The molecule has 1 saturated heterocycles. The van der Waals surface area contributed by atoms with Crippen LogP contribution in [0.3, 0.4) is 0 Å². The van der Waals surface area contributed by atoms with Gasteiger partial charge in [0.05, 0.1) is 22.9 Å². The third kappa shape index (κ3) is 3.63. The highest BCUT2D eigenvalue weighted by molar-refractivity contribution is 9.10. The number of carbonyl (C=O) groups is 1. The fraction of sp³-hybridized carbons (Fsp3) is 0.462. The standard InChI is InChI=1S/C13H16BrClN2O3/c1-13(6-16-7-13)20-5-11(18)17-10-4-8(15)3-9(14)12(10)19-2/h3-4,16H,5-7H2,1-2H3,(H,17,18). The van der Waals surface area contributed by atoms with Gasteiger partial charge in [-0.05, 0) is 35.0 Å². The molecule has 1 fully saturated rings. The van der Waals surface area contributed by atoms with Gasteiger partial charge in [-0.3, -0.25) is 4.79 Å².